The summed E-state index contributed by atoms with van der Waals surface area (Å²) in [6.45, 7) is 2.00. The number of fused-ring (bicyclic) bond motifs is 1. The van der Waals surface area contributed by atoms with E-state index in [0.29, 0.717) is 28.3 Å². The molecule has 1 unspecified atom stereocenters. The van der Waals surface area contributed by atoms with Crippen LogP contribution >= 0.6 is 0 Å². The van der Waals surface area contributed by atoms with Gasteiger partial charge in [-0.3, -0.25) is 19.5 Å². The average Bonchev–Trinajstić information content (AvgIpc) is 3.36. The number of carbonyl (C=O) groups is 2. The fraction of sp³-hybridized carbons (Fsp3) is 0.125. The van der Waals surface area contributed by atoms with E-state index in [-0.39, 0.29) is 18.1 Å². The van der Waals surface area contributed by atoms with Gasteiger partial charge in [0.15, 0.2) is 11.5 Å². The number of aromatic nitrogens is 1. The highest BCUT2D eigenvalue weighted by Gasteiger charge is 2.47. The third-order valence-corrected chi connectivity index (χ3v) is 5.39. The van der Waals surface area contributed by atoms with Crippen LogP contribution in [0.3, 0.4) is 0 Å². The third-order valence-electron chi connectivity index (χ3n) is 5.39. The van der Waals surface area contributed by atoms with Crippen molar-refractivity contribution in [1.29, 1.82) is 0 Å². The maximum Gasteiger partial charge on any atom is 0.300 e. The molecule has 1 N–H and O–H groups in total. The highest BCUT2D eigenvalue weighted by molar-refractivity contribution is 6.51. The maximum absolute atomic E-state index is 13.1. The van der Waals surface area contributed by atoms with Crippen molar-refractivity contribution < 1.29 is 24.2 Å². The monoisotopic (exact) mass is 414 g/mol. The largest absolute Gasteiger partial charge is 0.507 e. The molecule has 2 aliphatic heterocycles. The van der Waals surface area contributed by atoms with Crippen LogP contribution in [0.2, 0.25) is 0 Å². The Morgan fingerprint density at radius 2 is 1.81 bits per heavy atom. The number of rotatable bonds is 3. The van der Waals surface area contributed by atoms with Gasteiger partial charge >= 0.3 is 0 Å². The first-order valence-electron chi connectivity index (χ1n) is 9.72. The first-order chi connectivity index (χ1) is 15.0. The summed E-state index contributed by atoms with van der Waals surface area (Å²) in [7, 11) is 0. The first-order valence-corrected chi connectivity index (χ1v) is 9.72. The molecule has 0 bridgehead atoms. The number of nitrogens with zero attached hydrogens (tertiary/aromatic N) is 2. The van der Waals surface area contributed by atoms with E-state index < -0.39 is 17.7 Å². The molecule has 1 fully saturated rings. The molecule has 31 heavy (non-hydrogen) atoms. The number of benzene rings is 2. The Kier molecular flexibility index (Phi) is 4.43. The number of carbonyl (C=O) groups excluding carboxylic acids is 2. The Morgan fingerprint density at radius 3 is 2.58 bits per heavy atom. The van der Waals surface area contributed by atoms with Gasteiger partial charge in [0.05, 0.1) is 11.6 Å². The van der Waals surface area contributed by atoms with Crippen LogP contribution in [0.5, 0.6) is 11.5 Å². The number of aliphatic hydroxyl groups is 1. The van der Waals surface area contributed by atoms with Crippen LogP contribution in [0.15, 0.2) is 72.6 Å². The van der Waals surface area contributed by atoms with Crippen LogP contribution in [0.1, 0.15) is 22.7 Å². The zero-order valence-corrected chi connectivity index (χ0v) is 16.6. The van der Waals surface area contributed by atoms with E-state index in [1.165, 1.54) is 4.90 Å². The molecule has 0 spiro atoms. The summed E-state index contributed by atoms with van der Waals surface area (Å²) >= 11 is 0. The maximum atomic E-state index is 13.1. The molecule has 3 aromatic rings. The van der Waals surface area contributed by atoms with Gasteiger partial charge in [0.2, 0.25) is 6.79 Å². The minimum atomic E-state index is -0.796. The summed E-state index contributed by atoms with van der Waals surface area (Å²) in [5, 5.41) is 11.2. The highest BCUT2D eigenvalue weighted by Crippen LogP contribution is 2.43. The molecule has 1 aromatic heterocycles. The molecular weight excluding hydrogens is 396 g/mol. The summed E-state index contributed by atoms with van der Waals surface area (Å²) < 4.78 is 10.7. The Balaban J connectivity index is 1.70. The number of aryl methyl sites for hydroxylation is 1. The highest BCUT2D eigenvalue weighted by atomic mass is 16.7. The molecule has 7 nitrogen and oxygen atoms in total. The number of hydrogen-bond acceptors (Lipinski definition) is 6. The number of Topliss-reactive ketones (excluding diaryl/α,β-unsaturated/α-hetero) is 1. The van der Waals surface area contributed by atoms with E-state index in [1.807, 2.05) is 25.1 Å². The SMILES string of the molecule is Cc1cccc(N2C(=O)C(=O)/C(=C(\O)c3ccc4c(c3)OCO4)C2c2ccncc2)c1. The molecule has 0 radical (unpaired) electrons. The van der Waals surface area contributed by atoms with Crippen LogP contribution in [0.25, 0.3) is 5.76 Å². The van der Waals surface area contributed by atoms with Crippen molar-refractivity contribution in [1.82, 2.24) is 4.98 Å². The van der Waals surface area contributed by atoms with Crippen LogP contribution in [-0.4, -0.2) is 28.6 Å². The fourth-order valence-corrected chi connectivity index (χ4v) is 3.94. The van der Waals surface area contributed by atoms with Crippen LogP contribution in [-0.2, 0) is 9.59 Å². The molecule has 0 saturated carbocycles. The second-order valence-corrected chi connectivity index (χ2v) is 7.36. The Labute approximate surface area is 178 Å². The van der Waals surface area contributed by atoms with Crippen molar-refractivity contribution >= 4 is 23.1 Å². The summed E-state index contributed by atoms with van der Waals surface area (Å²) in [5.41, 5.74) is 2.57. The number of aliphatic hydroxyl groups excluding tert-OH is 1. The van der Waals surface area contributed by atoms with E-state index in [0.717, 1.165) is 5.56 Å². The number of amides is 1. The van der Waals surface area contributed by atoms with E-state index >= 15 is 0 Å². The minimum Gasteiger partial charge on any atom is -0.507 e. The Bertz CT molecular complexity index is 1240. The quantitative estimate of drug-likeness (QED) is 0.399. The van der Waals surface area contributed by atoms with Crippen molar-refractivity contribution in [3.05, 3.63) is 89.3 Å². The zero-order valence-electron chi connectivity index (χ0n) is 16.6. The van der Waals surface area contributed by atoms with E-state index in [9.17, 15) is 14.7 Å². The van der Waals surface area contributed by atoms with Gasteiger partial charge in [-0.25, -0.2) is 0 Å². The van der Waals surface area contributed by atoms with Crippen molar-refractivity contribution in [3.63, 3.8) is 0 Å². The van der Waals surface area contributed by atoms with Crippen molar-refractivity contribution in [2.75, 3.05) is 11.7 Å². The lowest BCUT2D eigenvalue weighted by molar-refractivity contribution is -0.132. The number of anilines is 1. The fourth-order valence-electron chi connectivity index (χ4n) is 3.94. The molecule has 2 aliphatic rings. The lowest BCUT2D eigenvalue weighted by Gasteiger charge is -2.25. The summed E-state index contributed by atoms with van der Waals surface area (Å²) in [6.07, 6.45) is 3.18. The zero-order chi connectivity index (χ0) is 21.5. The minimum absolute atomic E-state index is 0.0107. The molecule has 3 heterocycles. The summed E-state index contributed by atoms with van der Waals surface area (Å²) in [5.74, 6) is -0.693. The molecule has 2 aromatic carbocycles. The molecule has 0 aliphatic carbocycles. The normalized spacial score (nSPS) is 19.1. The van der Waals surface area contributed by atoms with E-state index in [4.69, 9.17) is 9.47 Å². The number of hydrogen-bond donors (Lipinski definition) is 1. The van der Waals surface area contributed by atoms with Gasteiger partial charge in [-0.1, -0.05) is 12.1 Å². The van der Waals surface area contributed by atoms with Crippen LogP contribution in [0.4, 0.5) is 5.69 Å². The molecule has 5 rings (SSSR count). The van der Waals surface area contributed by atoms with E-state index in [2.05, 4.69) is 4.98 Å². The van der Waals surface area contributed by atoms with Crippen LogP contribution in [0, 0.1) is 6.92 Å². The van der Waals surface area contributed by atoms with Gasteiger partial charge in [0.1, 0.15) is 5.76 Å². The summed E-state index contributed by atoms with van der Waals surface area (Å²) in [6, 6.07) is 14.9. The van der Waals surface area contributed by atoms with E-state index in [1.54, 1.807) is 48.8 Å². The van der Waals surface area contributed by atoms with Gasteiger partial charge in [0, 0.05) is 23.6 Å². The molecule has 154 valence electrons. The molecule has 7 heteroatoms. The number of ketones is 1. The smallest absolute Gasteiger partial charge is 0.300 e. The van der Waals surface area contributed by atoms with Crippen molar-refractivity contribution in [2.24, 2.45) is 0 Å². The predicted octanol–water partition coefficient (Wildman–Crippen LogP) is 3.75. The number of pyridine rings is 1. The van der Waals surface area contributed by atoms with Gasteiger partial charge in [-0.05, 0) is 60.5 Å². The number of ether oxygens (including phenoxy) is 2. The molecule has 1 atom stereocenters. The van der Waals surface area contributed by atoms with Gasteiger partial charge in [0.25, 0.3) is 11.7 Å². The molecular formula is C24H18N2O5. The van der Waals surface area contributed by atoms with Gasteiger partial charge < -0.3 is 14.6 Å². The Hall–Kier alpha value is -4.13. The molecule has 1 amide bonds. The Morgan fingerprint density at radius 1 is 1.03 bits per heavy atom. The lowest BCUT2D eigenvalue weighted by atomic mass is 9.95. The lowest BCUT2D eigenvalue weighted by Crippen LogP contribution is -2.29. The topological polar surface area (TPSA) is 89.0 Å². The van der Waals surface area contributed by atoms with Gasteiger partial charge in [-0.2, -0.15) is 0 Å². The third kappa shape index (κ3) is 3.11. The average molecular weight is 414 g/mol. The predicted molar refractivity (Wildman–Crippen MR) is 113 cm³/mol. The second kappa shape index (κ2) is 7.28. The standard InChI is InChI=1S/C24H18N2O5/c1-14-3-2-4-17(11-14)26-21(15-7-9-25-10-8-15)20(23(28)24(26)29)22(27)16-5-6-18-19(12-16)31-13-30-18/h2-12,21,27H,13H2,1H3/b22-20-. The summed E-state index contributed by atoms with van der Waals surface area (Å²) in [4.78, 5) is 31.7. The second-order valence-electron chi connectivity index (χ2n) is 7.36. The van der Waals surface area contributed by atoms with Gasteiger partial charge in [-0.15, -0.1) is 0 Å². The van der Waals surface area contributed by atoms with Crippen LogP contribution < -0.4 is 14.4 Å². The van der Waals surface area contributed by atoms with Crippen molar-refractivity contribution in [3.8, 4) is 11.5 Å². The van der Waals surface area contributed by atoms with Crippen molar-refractivity contribution in [2.45, 2.75) is 13.0 Å². The molecule has 1 saturated heterocycles. The first kappa shape index (κ1) is 18.9.